The van der Waals surface area contributed by atoms with Gasteiger partial charge in [0.15, 0.2) is 5.79 Å². The van der Waals surface area contributed by atoms with Crippen LogP contribution in [-0.2, 0) is 14.3 Å². The minimum Gasteiger partial charge on any atom is -0.426 e. The van der Waals surface area contributed by atoms with E-state index in [-0.39, 0.29) is 11.6 Å². The standard InChI is InChI=1S/C20H19NO6/c1-20(25-2)11-15(12-6-4-3-5-7-12)17-18(27-20)14-10-13(21(23)24)8-9-16(14)26-19(17)22/h3-10,15,17-18H,11H2,1-2H3. The number of non-ortho nitro benzene ring substituents is 1. The first-order chi connectivity index (χ1) is 12.9. The maximum atomic E-state index is 12.8. The Kier molecular flexibility index (Phi) is 4.20. The van der Waals surface area contributed by atoms with Crippen molar-refractivity contribution in [1.29, 1.82) is 0 Å². The monoisotopic (exact) mass is 369 g/mol. The summed E-state index contributed by atoms with van der Waals surface area (Å²) in [5.74, 6) is -1.84. The average molecular weight is 369 g/mol. The minimum absolute atomic E-state index is 0.0741. The molecular formula is C20H19NO6. The van der Waals surface area contributed by atoms with Gasteiger partial charge in [-0.15, -0.1) is 0 Å². The number of esters is 1. The lowest BCUT2D eigenvalue weighted by Gasteiger charge is -2.47. The number of hydrogen-bond donors (Lipinski definition) is 0. The smallest absolute Gasteiger partial charge is 0.317 e. The first kappa shape index (κ1) is 17.6. The van der Waals surface area contributed by atoms with Gasteiger partial charge in [-0.3, -0.25) is 14.9 Å². The topological polar surface area (TPSA) is 87.9 Å². The Balaban J connectivity index is 1.85. The molecule has 0 radical (unpaired) electrons. The molecule has 140 valence electrons. The van der Waals surface area contributed by atoms with E-state index in [0.29, 0.717) is 17.7 Å². The largest absolute Gasteiger partial charge is 0.426 e. The van der Waals surface area contributed by atoms with Crippen LogP contribution in [0.25, 0.3) is 0 Å². The van der Waals surface area contributed by atoms with Crippen LogP contribution < -0.4 is 4.74 Å². The maximum Gasteiger partial charge on any atom is 0.317 e. The Labute approximate surface area is 156 Å². The van der Waals surface area contributed by atoms with E-state index in [1.165, 1.54) is 18.2 Å². The Morgan fingerprint density at radius 2 is 1.96 bits per heavy atom. The molecule has 1 saturated heterocycles. The van der Waals surface area contributed by atoms with Gasteiger partial charge >= 0.3 is 5.97 Å². The van der Waals surface area contributed by atoms with Crippen molar-refractivity contribution in [3.05, 3.63) is 69.8 Å². The van der Waals surface area contributed by atoms with Crippen molar-refractivity contribution >= 4 is 11.7 Å². The average Bonchev–Trinajstić information content (AvgIpc) is 2.67. The number of nitro groups is 1. The fourth-order valence-electron chi connectivity index (χ4n) is 3.97. The van der Waals surface area contributed by atoms with E-state index in [9.17, 15) is 14.9 Å². The third-order valence-corrected chi connectivity index (χ3v) is 5.38. The zero-order valence-electron chi connectivity index (χ0n) is 15.0. The van der Waals surface area contributed by atoms with Crippen molar-refractivity contribution in [3.63, 3.8) is 0 Å². The number of ether oxygens (including phenoxy) is 3. The predicted molar refractivity (Wildman–Crippen MR) is 95.3 cm³/mol. The molecule has 0 bridgehead atoms. The second-order valence-electron chi connectivity index (χ2n) is 7.02. The van der Waals surface area contributed by atoms with Gasteiger partial charge in [-0.2, -0.15) is 0 Å². The van der Waals surface area contributed by atoms with Gasteiger partial charge in [0.25, 0.3) is 5.69 Å². The van der Waals surface area contributed by atoms with Crippen molar-refractivity contribution in [2.75, 3.05) is 7.11 Å². The van der Waals surface area contributed by atoms with Crippen LogP contribution in [0.3, 0.4) is 0 Å². The van der Waals surface area contributed by atoms with Gasteiger partial charge in [-0.05, 0) is 18.6 Å². The molecule has 7 heteroatoms. The molecule has 0 amide bonds. The molecule has 7 nitrogen and oxygen atoms in total. The third-order valence-electron chi connectivity index (χ3n) is 5.38. The zero-order chi connectivity index (χ0) is 19.2. The Hall–Kier alpha value is -2.77. The molecule has 2 aliphatic rings. The number of methoxy groups -OCH3 is 1. The molecule has 0 spiro atoms. The molecule has 4 unspecified atom stereocenters. The van der Waals surface area contributed by atoms with Crippen LogP contribution in [0.15, 0.2) is 48.5 Å². The van der Waals surface area contributed by atoms with Gasteiger partial charge in [-0.25, -0.2) is 0 Å². The van der Waals surface area contributed by atoms with Crippen LogP contribution in [0.4, 0.5) is 5.69 Å². The quantitative estimate of drug-likeness (QED) is 0.354. The summed E-state index contributed by atoms with van der Waals surface area (Å²) in [6, 6.07) is 13.8. The summed E-state index contributed by atoms with van der Waals surface area (Å²) in [7, 11) is 1.55. The molecule has 0 aromatic heterocycles. The van der Waals surface area contributed by atoms with E-state index in [1.54, 1.807) is 7.11 Å². The molecule has 1 fully saturated rings. The lowest BCUT2D eigenvalue weighted by atomic mass is 9.73. The summed E-state index contributed by atoms with van der Waals surface area (Å²) >= 11 is 0. The Morgan fingerprint density at radius 3 is 2.63 bits per heavy atom. The molecular weight excluding hydrogens is 350 g/mol. The van der Waals surface area contributed by atoms with E-state index in [2.05, 4.69) is 0 Å². The maximum absolute atomic E-state index is 12.8. The Morgan fingerprint density at radius 1 is 1.22 bits per heavy atom. The summed E-state index contributed by atoms with van der Waals surface area (Å²) in [6.45, 7) is 1.82. The number of fused-ring (bicyclic) bond motifs is 3. The lowest BCUT2D eigenvalue weighted by molar-refractivity contribution is -0.385. The number of nitro benzene ring substituents is 1. The van der Waals surface area contributed by atoms with Gasteiger partial charge in [-0.1, -0.05) is 30.3 Å². The highest BCUT2D eigenvalue weighted by atomic mass is 16.7. The van der Waals surface area contributed by atoms with Gasteiger partial charge in [0.05, 0.1) is 10.8 Å². The van der Waals surface area contributed by atoms with Crippen molar-refractivity contribution in [2.24, 2.45) is 5.92 Å². The molecule has 2 aromatic rings. The predicted octanol–water partition coefficient (Wildman–Crippen LogP) is 3.74. The first-order valence-electron chi connectivity index (χ1n) is 8.70. The molecule has 0 N–H and O–H groups in total. The normalized spacial score (nSPS) is 29.4. The number of carbonyl (C=O) groups excluding carboxylic acids is 1. The van der Waals surface area contributed by atoms with Gasteiger partial charge in [0.1, 0.15) is 11.9 Å². The van der Waals surface area contributed by atoms with Crippen LogP contribution >= 0.6 is 0 Å². The van der Waals surface area contributed by atoms with Crippen molar-refractivity contribution in [3.8, 4) is 5.75 Å². The zero-order valence-corrected chi connectivity index (χ0v) is 15.0. The minimum atomic E-state index is -0.929. The molecule has 4 atom stereocenters. The van der Waals surface area contributed by atoms with E-state index < -0.39 is 28.7 Å². The fraction of sp³-hybridized carbons (Fsp3) is 0.350. The van der Waals surface area contributed by atoms with E-state index >= 15 is 0 Å². The van der Waals surface area contributed by atoms with Crippen LogP contribution in [0, 0.1) is 16.0 Å². The number of nitrogens with zero attached hydrogens (tertiary/aromatic N) is 1. The molecule has 2 heterocycles. The second kappa shape index (κ2) is 6.44. The number of hydrogen-bond acceptors (Lipinski definition) is 6. The van der Waals surface area contributed by atoms with Gasteiger partial charge < -0.3 is 14.2 Å². The van der Waals surface area contributed by atoms with Crippen molar-refractivity contribution in [2.45, 2.75) is 31.2 Å². The highest BCUT2D eigenvalue weighted by molar-refractivity contribution is 5.80. The molecule has 2 aliphatic heterocycles. The van der Waals surface area contributed by atoms with Crippen molar-refractivity contribution in [1.82, 2.24) is 0 Å². The molecule has 0 saturated carbocycles. The molecule has 27 heavy (non-hydrogen) atoms. The molecule has 4 rings (SSSR count). The fourth-order valence-corrected chi connectivity index (χ4v) is 3.97. The number of rotatable bonds is 3. The summed E-state index contributed by atoms with van der Waals surface area (Å²) in [6.07, 6.45) is -0.223. The summed E-state index contributed by atoms with van der Waals surface area (Å²) in [5, 5.41) is 11.2. The van der Waals surface area contributed by atoms with Crippen molar-refractivity contribution < 1.29 is 23.9 Å². The SMILES string of the molecule is COC1(C)CC(c2ccccc2)C2C(=O)Oc3ccc([N+](=O)[O-])cc3C2O1. The summed E-state index contributed by atoms with van der Waals surface area (Å²) in [4.78, 5) is 23.6. The van der Waals surface area contributed by atoms with E-state index in [1.807, 2.05) is 37.3 Å². The molecule has 0 aliphatic carbocycles. The second-order valence-corrected chi connectivity index (χ2v) is 7.02. The van der Waals surface area contributed by atoms with Crippen LogP contribution in [0.1, 0.15) is 36.5 Å². The van der Waals surface area contributed by atoms with Crippen LogP contribution in [0.5, 0.6) is 5.75 Å². The van der Waals surface area contributed by atoms with E-state index in [0.717, 1.165) is 5.56 Å². The lowest BCUT2D eigenvalue weighted by Crippen LogP contribution is -2.49. The van der Waals surface area contributed by atoms with Crippen LogP contribution in [0.2, 0.25) is 0 Å². The van der Waals surface area contributed by atoms with E-state index in [4.69, 9.17) is 14.2 Å². The Bertz CT molecular complexity index is 899. The third kappa shape index (κ3) is 2.98. The first-order valence-corrected chi connectivity index (χ1v) is 8.70. The number of carbonyl (C=O) groups is 1. The van der Waals surface area contributed by atoms with Crippen LogP contribution in [-0.4, -0.2) is 23.8 Å². The summed E-state index contributed by atoms with van der Waals surface area (Å²) < 4.78 is 17.3. The van der Waals surface area contributed by atoms with Gasteiger partial charge in [0.2, 0.25) is 0 Å². The highest BCUT2D eigenvalue weighted by Crippen LogP contribution is 2.53. The number of benzene rings is 2. The summed E-state index contributed by atoms with van der Waals surface area (Å²) in [5.41, 5.74) is 1.40. The molecule has 2 aromatic carbocycles. The van der Waals surface area contributed by atoms with Gasteiger partial charge in [0, 0.05) is 37.1 Å². The highest BCUT2D eigenvalue weighted by Gasteiger charge is 2.53.